The predicted molar refractivity (Wildman–Crippen MR) is 90.4 cm³/mol. The van der Waals surface area contributed by atoms with E-state index in [1.165, 1.54) is 6.42 Å². The molecule has 1 fully saturated rings. The zero-order valence-electron chi connectivity index (χ0n) is 14.5. The molecule has 2 rings (SSSR count). The Morgan fingerprint density at radius 3 is 2.57 bits per heavy atom. The molecule has 1 aliphatic rings. The number of hydrogen-bond acceptors (Lipinski definition) is 3. The SMILES string of the molecule is Cc1ccc(C(=O)O[C@H](C)C(=O)N[C@@H]2CCCC[C@@H]2C)c(C)c1. The maximum absolute atomic E-state index is 12.3. The minimum atomic E-state index is -0.780. The summed E-state index contributed by atoms with van der Waals surface area (Å²) in [7, 11) is 0. The number of carbonyl (C=O) groups excluding carboxylic acids is 2. The monoisotopic (exact) mass is 317 g/mol. The van der Waals surface area contributed by atoms with Crippen LogP contribution in [0.3, 0.4) is 0 Å². The third-order valence-electron chi connectivity index (χ3n) is 4.69. The minimum Gasteiger partial charge on any atom is -0.449 e. The minimum absolute atomic E-state index is 0.193. The molecule has 1 amide bonds. The van der Waals surface area contributed by atoms with Crippen LogP contribution < -0.4 is 5.32 Å². The van der Waals surface area contributed by atoms with Gasteiger partial charge in [0.15, 0.2) is 6.10 Å². The standard InChI is InChI=1S/C19H27NO3/c1-12-9-10-16(14(3)11-12)19(22)23-15(4)18(21)20-17-8-6-5-7-13(17)2/h9-11,13,15,17H,5-8H2,1-4H3,(H,20,21)/t13-,15+,17+/m0/s1. The summed E-state index contributed by atoms with van der Waals surface area (Å²) in [5.41, 5.74) is 2.47. The van der Waals surface area contributed by atoms with E-state index in [4.69, 9.17) is 4.74 Å². The first-order chi connectivity index (χ1) is 10.9. The Kier molecular flexibility index (Phi) is 5.80. The Morgan fingerprint density at radius 1 is 1.22 bits per heavy atom. The van der Waals surface area contributed by atoms with E-state index in [1.54, 1.807) is 13.0 Å². The lowest BCUT2D eigenvalue weighted by molar-refractivity contribution is -0.130. The molecule has 1 aliphatic carbocycles. The molecule has 4 heteroatoms. The summed E-state index contributed by atoms with van der Waals surface area (Å²) in [6.07, 6.45) is 3.74. The van der Waals surface area contributed by atoms with E-state index in [0.29, 0.717) is 11.5 Å². The summed E-state index contributed by atoms with van der Waals surface area (Å²) in [4.78, 5) is 24.5. The van der Waals surface area contributed by atoms with Gasteiger partial charge in [-0.1, -0.05) is 37.5 Å². The molecule has 1 aromatic rings. The van der Waals surface area contributed by atoms with E-state index >= 15 is 0 Å². The molecule has 0 radical (unpaired) electrons. The van der Waals surface area contributed by atoms with Crippen LogP contribution in [0.4, 0.5) is 0 Å². The van der Waals surface area contributed by atoms with E-state index in [9.17, 15) is 9.59 Å². The summed E-state index contributed by atoms with van der Waals surface area (Å²) in [5.74, 6) is -0.168. The van der Waals surface area contributed by atoms with Crippen LogP contribution in [-0.4, -0.2) is 24.0 Å². The van der Waals surface area contributed by atoms with Crippen molar-refractivity contribution < 1.29 is 14.3 Å². The highest BCUT2D eigenvalue weighted by Gasteiger charge is 2.26. The molecule has 0 bridgehead atoms. The van der Waals surface area contributed by atoms with Gasteiger partial charge in [-0.2, -0.15) is 0 Å². The Hall–Kier alpha value is -1.84. The summed E-state index contributed by atoms with van der Waals surface area (Å²) in [5, 5.41) is 3.03. The summed E-state index contributed by atoms with van der Waals surface area (Å²) in [6.45, 7) is 7.64. The molecule has 126 valence electrons. The van der Waals surface area contributed by atoms with E-state index in [-0.39, 0.29) is 11.9 Å². The Labute approximate surface area is 138 Å². The van der Waals surface area contributed by atoms with Crippen LogP contribution in [0.2, 0.25) is 0 Å². The van der Waals surface area contributed by atoms with Crippen LogP contribution in [0.15, 0.2) is 18.2 Å². The summed E-state index contributed by atoms with van der Waals surface area (Å²) >= 11 is 0. The number of carbonyl (C=O) groups is 2. The normalized spacial score (nSPS) is 22.3. The molecule has 23 heavy (non-hydrogen) atoms. The highest BCUT2D eigenvalue weighted by atomic mass is 16.5. The van der Waals surface area contributed by atoms with Crippen LogP contribution in [0, 0.1) is 19.8 Å². The van der Waals surface area contributed by atoms with Gasteiger partial charge in [0.1, 0.15) is 0 Å². The maximum atomic E-state index is 12.3. The number of benzene rings is 1. The van der Waals surface area contributed by atoms with E-state index in [2.05, 4.69) is 12.2 Å². The molecule has 0 saturated heterocycles. The van der Waals surface area contributed by atoms with Gasteiger partial charge in [-0.3, -0.25) is 4.79 Å². The molecule has 4 nitrogen and oxygen atoms in total. The van der Waals surface area contributed by atoms with Crippen molar-refractivity contribution in [2.75, 3.05) is 0 Å². The first-order valence-corrected chi connectivity index (χ1v) is 8.47. The average Bonchev–Trinajstić information content (AvgIpc) is 2.49. The molecule has 0 unspecified atom stereocenters. The Morgan fingerprint density at radius 2 is 1.91 bits per heavy atom. The molecule has 0 aliphatic heterocycles. The van der Waals surface area contributed by atoms with E-state index in [1.807, 2.05) is 26.0 Å². The van der Waals surface area contributed by atoms with E-state index < -0.39 is 12.1 Å². The number of rotatable bonds is 4. The molecule has 1 aromatic carbocycles. The van der Waals surface area contributed by atoms with Crippen molar-refractivity contribution in [1.29, 1.82) is 0 Å². The van der Waals surface area contributed by atoms with Crippen molar-refractivity contribution in [1.82, 2.24) is 5.32 Å². The lowest BCUT2D eigenvalue weighted by Crippen LogP contribution is -2.46. The second-order valence-corrected chi connectivity index (χ2v) is 6.74. The highest BCUT2D eigenvalue weighted by Crippen LogP contribution is 2.23. The van der Waals surface area contributed by atoms with Crippen molar-refractivity contribution in [2.45, 2.75) is 65.5 Å². The number of amides is 1. The van der Waals surface area contributed by atoms with Crippen molar-refractivity contribution in [3.05, 3.63) is 34.9 Å². The van der Waals surface area contributed by atoms with Crippen LogP contribution >= 0.6 is 0 Å². The zero-order valence-corrected chi connectivity index (χ0v) is 14.5. The Balaban J connectivity index is 1.93. The van der Waals surface area contributed by atoms with Gasteiger partial charge in [0.2, 0.25) is 0 Å². The van der Waals surface area contributed by atoms with Crippen LogP contribution in [0.1, 0.15) is 61.0 Å². The molecule has 1 saturated carbocycles. The van der Waals surface area contributed by atoms with Gasteiger partial charge in [-0.25, -0.2) is 4.79 Å². The fourth-order valence-electron chi connectivity index (χ4n) is 3.15. The number of nitrogens with one attached hydrogen (secondary N) is 1. The number of hydrogen-bond donors (Lipinski definition) is 1. The first-order valence-electron chi connectivity index (χ1n) is 8.47. The van der Waals surface area contributed by atoms with Gasteiger partial charge in [-0.05, 0) is 51.2 Å². The van der Waals surface area contributed by atoms with Crippen molar-refractivity contribution in [2.24, 2.45) is 5.92 Å². The van der Waals surface area contributed by atoms with Crippen molar-refractivity contribution >= 4 is 11.9 Å². The van der Waals surface area contributed by atoms with Crippen molar-refractivity contribution in [3.8, 4) is 0 Å². The van der Waals surface area contributed by atoms with Gasteiger partial charge >= 0.3 is 5.97 Å². The van der Waals surface area contributed by atoms with Gasteiger partial charge in [0.25, 0.3) is 5.91 Å². The lowest BCUT2D eigenvalue weighted by Gasteiger charge is -2.30. The molecule has 0 aromatic heterocycles. The molecule has 3 atom stereocenters. The van der Waals surface area contributed by atoms with Crippen molar-refractivity contribution in [3.63, 3.8) is 0 Å². The number of ether oxygens (including phenoxy) is 1. The topological polar surface area (TPSA) is 55.4 Å². The van der Waals surface area contributed by atoms with E-state index in [0.717, 1.165) is 30.4 Å². The lowest BCUT2D eigenvalue weighted by atomic mass is 9.86. The summed E-state index contributed by atoms with van der Waals surface area (Å²) in [6, 6.07) is 5.75. The quantitative estimate of drug-likeness (QED) is 0.864. The van der Waals surface area contributed by atoms with Gasteiger partial charge < -0.3 is 10.1 Å². The fraction of sp³-hybridized carbons (Fsp3) is 0.579. The molecule has 1 N–H and O–H groups in total. The summed E-state index contributed by atoms with van der Waals surface area (Å²) < 4.78 is 5.34. The third kappa shape index (κ3) is 4.57. The van der Waals surface area contributed by atoms with Crippen LogP contribution in [0.25, 0.3) is 0 Å². The first kappa shape index (κ1) is 17.5. The van der Waals surface area contributed by atoms with Gasteiger partial charge in [-0.15, -0.1) is 0 Å². The maximum Gasteiger partial charge on any atom is 0.339 e. The molecular formula is C19H27NO3. The molecule has 0 spiro atoms. The Bertz CT molecular complexity index is 582. The largest absolute Gasteiger partial charge is 0.449 e. The second kappa shape index (κ2) is 7.62. The van der Waals surface area contributed by atoms with Gasteiger partial charge in [0.05, 0.1) is 5.56 Å². The number of aryl methyl sites for hydroxylation is 2. The average molecular weight is 317 g/mol. The number of esters is 1. The van der Waals surface area contributed by atoms with Gasteiger partial charge in [0, 0.05) is 6.04 Å². The van der Waals surface area contributed by atoms with Crippen LogP contribution in [0.5, 0.6) is 0 Å². The zero-order chi connectivity index (χ0) is 17.0. The highest BCUT2D eigenvalue weighted by molar-refractivity contribution is 5.93. The van der Waals surface area contributed by atoms with Crippen LogP contribution in [-0.2, 0) is 9.53 Å². The fourth-order valence-corrected chi connectivity index (χ4v) is 3.15. The second-order valence-electron chi connectivity index (χ2n) is 6.74. The third-order valence-corrected chi connectivity index (χ3v) is 4.69. The molecular weight excluding hydrogens is 290 g/mol. The molecule has 0 heterocycles. The predicted octanol–water partition coefficient (Wildman–Crippen LogP) is 3.54. The smallest absolute Gasteiger partial charge is 0.339 e.